The van der Waals surface area contributed by atoms with Gasteiger partial charge in [-0.15, -0.1) is 11.3 Å². The van der Waals surface area contributed by atoms with Crippen molar-refractivity contribution in [3.63, 3.8) is 0 Å². The van der Waals surface area contributed by atoms with Gasteiger partial charge in [-0.1, -0.05) is 6.07 Å². The minimum absolute atomic E-state index is 0.226. The van der Waals surface area contributed by atoms with Gasteiger partial charge in [0.05, 0.1) is 19.8 Å². The number of nitriles is 1. The zero-order valence-electron chi connectivity index (χ0n) is 18.7. The molecule has 0 saturated carbocycles. The number of nitrogens with one attached hydrogen (secondary N) is 1. The fourth-order valence-corrected chi connectivity index (χ4v) is 4.07. The highest BCUT2D eigenvalue weighted by molar-refractivity contribution is 7.13. The number of carbonyl (C=O) groups is 1. The number of benzene rings is 2. The Balaban J connectivity index is 1.51. The Morgan fingerprint density at radius 3 is 2.71 bits per heavy atom. The van der Waals surface area contributed by atoms with Gasteiger partial charge in [0.1, 0.15) is 28.1 Å². The summed E-state index contributed by atoms with van der Waals surface area (Å²) in [5.74, 6) is 1.55. The number of para-hydroxylation sites is 1. The SMILES string of the molecule is COc1cccc(-c2nc(C(=O)Nc3ccc(Oc4ncccc4C#N)cc3C)cs2)c1OC. The minimum atomic E-state index is -0.336. The highest BCUT2D eigenvalue weighted by Gasteiger charge is 2.18. The number of aryl methyl sites for hydroxylation is 1. The molecule has 0 aliphatic heterocycles. The molecule has 0 aliphatic carbocycles. The number of methoxy groups -OCH3 is 2. The first kappa shape index (κ1) is 22.8. The number of rotatable bonds is 7. The summed E-state index contributed by atoms with van der Waals surface area (Å²) in [5.41, 5.74) is 2.77. The highest BCUT2D eigenvalue weighted by atomic mass is 32.1. The summed E-state index contributed by atoms with van der Waals surface area (Å²) in [6, 6.07) is 16.1. The first-order chi connectivity index (χ1) is 16.5. The van der Waals surface area contributed by atoms with Crippen molar-refractivity contribution in [2.24, 2.45) is 0 Å². The van der Waals surface area contributed by atoms with Crippen LogP contribution in [0.5, 0.6) is 23.1 Å². The largest absolute Gasteiger partial charge is 0.493 e. The van der Waals surface area contributed by atoms with E-state index in [0.717, 1.165) is 11.1 Å². The van der Waals surface area contributed by atoms with Crippen molar-refractivity contribution in [3.05, 3.63) is 76.9 Å². The first-order valence-corrected chi connectivity index (χ1v) is 11.0. The van der Waals surface area contributed by atoms with E-state index in [1.807, 2.05) is 25.1 Å². The second-order valence-corrected chi connectivity index (χ2v) is 7.94. The minimum Gasteiger partial charge on any atom is -0.493 e. The summed E-state index contributed by atoms with van der Waals surface area (Å²) < 4.78 is 16.6. The summed E-state index contributed by atoms with van der Waals surface area (Å²) in [5, 5.41) is 14.4. The molecule has 0 bridgehead atoms. The molecule has 4 aromatic rings. The van der Waals surface area contributed by atoms with Crippen molar-refractivity contribution in [3.8, 4) is 39.8 Å². The summed E-state index contributed by atoms with van der Waals surface area (Å²) in [7, 11) is 3.13. The lowest BCUT2D eigenvalue weighted by atomic mass is 10.2. The average molecular weight is 473 g/mol. The van der Waals surface area contributed by atoms with Crippen LogP contribution < -0.4 is 19.5 Å². The van der Waals surface area contributed by atoms with Crippen LogP contribution in [0.3, 0.4) is 0 Å². The topological polar surface area (TPSA) is 106 Å². The van der Waals surface area contributed by atoms with Gasteiger partial charge in [0.15, 0.2) is 11.5 Å². The monoisotopic (exact) mass is 472 g/mol. The van der Waals surface area contributed by atoms with Crippen molar-refractivity contribution >= 4 is 22.9 Å². The van der Waals surface area contributed by atoms with Crippen LogP contribution in [0.25, 0.3) is 10.6 Å². The van der Waals surface area contributed by atoms with Gasteiger partial charge in [0, 0.05) is 17.3 Å². The Kier molecular flexibility index (Phi) is 6.71. The number of aromatic nitrogens is 2. The summed E-state index contributed by atoms with van der Waals surface area (Å²) in [6.45, 7) is 1.85. The number of nitrogens with zero attached hydrogens (tertiary/aromatic N) is 3. The van der Waals surface area contributed by atoms with Gasteiger partial charge in [0.25, 0.3) is 5.91 Å². The van der Waals surface area contributed by atoms with Crippen LogP contribution in [-0.4, -0.2) is 30.1 Å². The third kappa shape index (κ3) is 4.67. The molecule has 0 unspecified atom stereocenters. The van der Waals surface area contributed by atoms with Gasteiger partial charge >= 0.3 is 0 Å². The van der Waals surface area contributed by atoms with E-state index >= 15 is 0 Å². The van der Waals surface area contributed by atoms with Crippen LogP contribution in [0.4, 0.5) is 5.69 Å². The number of anilines is 1. The van der Waals surface area contributed by atoms with Crippen LogP contribution >= 0.6 is 11.3 Å². The molecule has 1 amide bonds. The van der Waals surface area contributed by atoms with Crippen molar-refractivity contribution < 1.29 is 19.0 Å². The van der Waals surface area contributed by atoms with Crippen molar-refractivity contribution in [2.75, 3.05) is 19.5 Å². The standard InChI is InChI=1S/C25H20N4O4S/c1-15-12-17(33-24-16(13-26)6-5-11-27-24)9-10-19(15)28-23(30)20-14-34-25(29-20)18-7-4-8-21(31-2)22(18)32-3/h4-12,14H,1-3H3,(H,28,30). The normalized spacial score (nSPS) is 10.3. The molecule has 2 aromatic carbocycles. The molecule has 1 N–H and O–H groups in total. The van der Waals surface area contributed by atoms with E-state index in [1.54, 1.807) is 62.2 Å². The number of ether oxygens (including phenoxy) is 3. The lowest BCUT2D eigenvalue weighted by Crippen LogP contribution is -2.13. The molecule has 0 saturated heterocycles. The van der Waals surface area contributed by atoms with Gasteiger partial charge in [-0.2, -0.15) is 5.26 Å². The Bertz CT molecular complexity index is 1390. The highest BCUT2D eigenvalue weighted by Crippen LogP contribution is 2.39. The predicted molar refractivity (Wildman–Crippen MR) is 129 cm³/mol. The van der Waals surface area contributed by atoms with Crippen LogP contribution in [-0.2, 0) is 0 Å². The number of hydrogen-bond donors (Lipinski definition) is 1. The number of amides is 1. The van der Waals surface area contributed by atoms with E-state index in [2.05, 4.69) is 15.3 Å². The molecule has 34 heavy (non-hydrogen) atoms. The van der Waals surface area contributed by atoms with E-state index < -0.39 is 0 Å². The molecule has 2 aromatic heterocycles. The van der Waals surface area contributed by atoms with Gasteiger partial charge < -0.3 is 19.5 Å². The third-order valence-electron chi connectivity index (χ3n) is 4.92. The maximum atomic E-state index is 12.8. The molecule has 9 heteroatoms. The quantitative estimate of drug-likeness (QED) is 0.381. The molecule has 0 spiro atoms. The number of thiazole rings is 1. The van der Waals surface area contributed by atoms with Crippen LogP contribution in [0.2, 0.25) is 0 Å². The zero-order chi connectivity index (χ0) is 24.1. The van der Waals surface area contributed by atoms with E-state index in [0.29, 0.717) is 33.5 Å². The summed E-state index contributed by atoms with van der Waals surface area (Å²) in [6.07, 6.45) is 1.56. The molecular weight excluding hydrogens is 452 g/mol. The van der Waals surface area contributed by atoms with E-state index in [4.69, 9.17) is 14.2 Å². The second kappa shape index (κ2) is 10.0. The Morgan fingerprint density at radius 1 is 1.12 bits per heavy atom. The maximum absolute atomic E-state index is 12.8. The molecule has 0 atom stereocenters. The Morgan fingerprint density at radius 2 is 1.97 bits per heavy atom. The summed E-state index contributed by atoms with van der Waals surface area (Å²) in [4.78, 5) is 21.4. The van der Waals surface area contributed by atoms with Crippen LogP contribution in [0.1, 0.15) is 21.6 Å². The smallest absolute Gasteiger partial charge is 0.275 e. The molecule has 0 aliphatic rings. The Labute approximate surface area is 200 Å². The van der Waals surface area contributed by atoms with Crippen LogP contribution in [0.15, 0.2) is 60.1 Å². The summed E-state index contributed by atoms with van der Waals surface area (Å²) >= 11 is 1.34. The zero-order valence-corrected chi connectivity index (χ0v) is 19.5. The maximum Gasteiger partial charge on any atom is 0.275 e. The lowest BCUT2D eigenvalue weighted by Gasteiger charge is -2.11. The molecule has 8 nitrogen and oxygen atoms in total. The number of pyridine rings is 1. The first-order valence-electron chi connectivity index (χ1n) is 10.2. The molecule has 170 valence electrons. The van der Waals surface area contributed by atoms with Gasteiger partial charge in [-0.05, 0) is 55.0 Å². The van der Waals surface area contributed by atoms with Gasteiger partial charge in [-0.25, -0.2) is 9.97 Å². The lowest BCUT2D eigenvalue weighted by molar-refractivity contribution is 0.102. The fraction of sp³-hybridized carbons (Fsp3) is 0.120. The van der Waals surface area contributed by atoms with Crippen molar-refractivity contribution in [2.45, 2.75) is 6.92 Å². The van der Waals surface area contributed by atoms with E-state index in [9.17, 15) is 10.1 Å². The predicted octanol–water partition coefficient (Wildman–Crippen LogP) is 5.45. The average Bonchev–Trinajstić information content (AvgIpc) is 3.36. The van der Waals surface area contributed by atoms with Gasteiger partial charge in [0.2, 0.25) is 5.88 Å². The molecule has 4 rings (SSSR count). The van der Waals surface area contributed by atoms with Crippen molar-refractivity contribution in [1.82, 2.24) is 9.97 Å². The number of carbonyl (C=O) groups excluding carboxylic acids is 1. The molecule has 2 heterocycles. The van der Waals surface area contributed by atoms with Gasteiger partial charge in [-0.3, -0.25) is 4.79 Å². The van der Waals surface area contributed by atoms with E-state index in [-0.39, 0.29) is 17.5 Å². The van der Waals surface area contributed by atoms with E-state index in [1.165, 1.54) is 11.3 Å². The Hall–Kier alpha value is -4.42. The molecular formula is C25H20N4O4S. The number of hydrogen-bond acceptors (Lipinski definition) is 8. The van der Waals surface area contributed by atoms with Crippen molar-refractivity contribution in [1.29, 1.82) is 5.26 Å². The molecule has 0 fully saturated rings. The third-order valence-corrected chi connectivity index (χ3v) is 5.80. The fourth-order valence-electron chi connectivity index (χ4n) is 3.25. The second-order valence-electron chi connectivity index (χ2n) is 7.08. The van der Waals surface area contributed by atoms with Crippen LogP contribution in [0, 0.1) is 18.3 Å². The molecule has 0 radical (unpaired) electrons.